The third-order valence-electron chi connectivity index (χ3n) is 5.03. The van der Waals surface area contributed by atoms with E-state index < -0.39 is 0 Å². The van der Waals surface area contributed by atoms with Crippen molar-refractivity contribution >= 4 is 0 Å². The predicted octanol–water partition coefficient (Wildman–Crippen LogP) is 2.60. The second kappa shape index (κ2) is 7.43. The number of hydrogen-bond donors (Lipinski definition) is 0. The van der Waals surface area contributed by atoms with Crippen molar-refractivity contribution in [2.45, 2.75) is 38.3 Å². The average Bonchev–Trinajstić information content (AvgIpc) is 3.03. The normalized spacial score (nSPS) is 23.0. The highest BCUT2D eigenvalue weighted by Crippen LogP contribution is 2.22. The minimum atomic E-state index is 0.736. The van der Waals surface area contributed by atoms with Crippen LogP contribution < -0.4 is 0 Å². The lowest BCUT2D eigenvalue weighted by molar-refractivity contribution is 0.0331. The van der Waals surface area contributed by atoms with Crippen molar-refractivity contribution in [3.05, 3.63) is 24.2 Å². The molecule has 1 aromatic heterocycles. The number of likely N-dealkylation sites (tertiary alicyclic amines) is 1. The molecule has 0 unspecified atom stereocenters. The summed E-state index contributed by atoms with van der Waals surface area (Å²) in [5, 5.41) is 0. The summed E-state index contributed by atoms with van der Waals surface area (Å²) < 4.78 is 10.9. The van der Waals surface area contributed by atoms with Crippen LogP contribution in [-0.2, 0) is 11.3 Å². The molecule has 3 heterocycles. The van der Waals surface area contributed by atoms with Gasteiger partial charge in [0.25, 0.3) is 0 Å². The standard InChI is InChI=1S/C17H28N2O2/c1-18(16-6-11-20-12-7-16)13-15-4-8-19(9-5-15)14-17-3-2-10-21-17/h2-3,10,15-16H,4-9,11-14H2,1H3. The average molecular weight is 292 g/mol. The first-order valence-corrected chi connectivity index (χ1v) is 8.34. The van der Waals surface area contributed by atoms with Gasteiger partial charge < -0.3 is 14.1 Å². The smallest absolute Gasteiger partial charge is 0.117 e. The van der Waals surface area contributed by atoms with E-state index in [1.807, 2.05) is 6.07 Å². The molecule has 0 aromatic carbocycles. The van der Waals surface area contributed by atoms with Gasteiger partial charge in [0.2, 0.25) is 0 Å². The maximum atomic E-state index is 5.46. The van der Waals surface area contributed by atoms with Crippen LogP contribution in [0, 0.1) is 5.92 Å². The lowest BCUT2D eigenvalue weighted by Gasteiger charge is -2.37. The fourth-order valence-corrected chi connectivity index (χ4v) is 3.63. The minimum Gasteiger partial charge on any atom is -0.468 e. The van der Waals surface area contributed by atoms with Gasteiger partial charge in [-0.25, -0.2) is 0 Å². The van der Waals surface area contributed by atoms with Gasteiger partial charge in [-0.1, -0.05) is 0 Å². The molecule has 4 heteroatoms. The molecule has 21 heavy (non-hydrogen) atoms. The lowest BCUT2D eigenvalue weighted by Crippen LogP contribution is -2.42. The van der Waals surface area contributed by atoms with Crippen LogP contribution >= 0.6 is 0 Å². The molecule has 0 aliphatic carbocycles. The fourth-order valence-electron chi connectivity index (χ4n) is 3.63. The minimum absolute atomic E-state index is 0.736. The van der Waals surface area contributed by atoms with Crippen LogP contribution in [-0.4, -0.2) is 55.7 Å². The topological polar surface area (TPSA) is 28.9 Å². The summed E-state index contributed by atoms with van der Waals surface area (Å²) in [6.45, 7) is 6.50. The molecular weight excluding hydrogens is 264 g/mol. The van der Waals surface area contributed by atoms with Gasteiger partial charge in [-0.15, -0.1) is 0 Å². The molecule has 118 valence electrons. The van der Waals surface area contributed by atoms with Gasteiger partial charge in [-0.3, -0.25) is 4.90 Å². The van der Waals surface area contributed by atoms with Crippen molar-refractivity contribution in [1.82, 2.24) is 9.80 Å². The quantitative estimate of drug-likeness (QED) is 0.834. The molecule has 2 aliphatic rings. The Hall–Kier alpha value is -0.840. The van der Waals surface area contributed by atoms with Crippen molar-refractivity contribution < 1.29 is 9.15 Å². The van der Waals surface area contributed by atoms with Crippen LogP contribution in [0.15, 0.2) is 22.8 Å². The van der Waals surface area contributed by atoms with Crippen molar-refractivity contribution in [1.29, 1.82) is 0 Å². The van der Waals surface area contributed by atoms with Gasteiger partial charge in [0, 0.05) is 25.8 Å². The summed E-state index contributed by atoms with van der Waals surface area (Å²) in [5.74, 6) is 1.94. The van der Waals surface area contributed by atoms with Gasteiger partial charge in [-0.2, -0.15) is 0 Å². The van der Waals surface area contributed by atoms with Gasteiger partial charge in [-0.05, 0) is 63.9 Å². The number of nitrogens with zero attached hydrogens (tertiary/aromatic N) is 2. The first-order valence-electron chi connectivity index (χ1n) is 8.34. The molecule has 0 saturated carbocycles. The van der Waals surface area contributed by atoms with Crippen molar-refractivity contribution in [2.75, 3.05) is 39.9 Å². The highest BCUT2D eigenvalue weighted by atomic mass is 16.5. The number of hydrogen-bond acceptors (Lipinski definition) is 4. The van der Waals surface area contributed by atoms with E-state index in [1.165, 1.54) is 45.3 Å². The molecule has 3 rings (SSSR count). The van der Waals surface area contributed by atoms with Crippen molar-refractivity contribution in [3.8, 4) is 0 Å². The second-order valence-corrected chi connectivity index (χ2v) is 6.58. The van der Waals surface area contributed by atoms with E-state index in [0.717, 1.165) is 37.5 Å². The van der Waals surface area contributed by atoms with Gasteiger partial charge in [0.1, 0.15) is 5.76 Å². The molecule has 0 radical (unpaired) electrons. The Bertz CT molecular complexity index is 393. The third-order valence-corrected chi connectivity index (χ3v) is 5.03. The van der Waals surface area contributed by atoms with Gasteiger partial charge in [0.05, 0.1) is 12.8 Å². The maximum absolute atomic E-state index is 5.46. The maximum Gasteiger partial charge on any atom is 0.117 e. The molecule has 0 amide bonds. The predicted molar refractivity (Wildman–Crippen MR) is 83.2 cm³/mol. The van der Waals surface area contributed by atoms with Crippen LogP contribution in [0.4, 0.5) is 0 Å². The van der Waals surface area contributed by atoms with E-state index >= 15 is 0 Å². The number of ether oxygens (including phenoxy) is 1. The SMILES string of the molecule is CN(CC1CCN(Cc2ccco2)CC1)C1CCOCC1. The Morgan fingerprint density at radius 2 is 1.95 bits per heavy atom. The molecule has 0 N–H and O–H groups in total. The van der Waals surface area contributed by atoms with E-state index in [1.54, 1.807) is 6.26 Å². The largest absolute Gasteiger partial charge is 0.468 e. The van der Waals surface area contributed by atoms with Crippen LogP contribution in [0.5, 0.6) is 0 Å². The Balaban J connectivity index is 1.39. The molecule has 2 saturated heterocycles. The van der Waals surface area contributed by atoms with E-state index in [9.17, 15) is 0 Å². The van der Waals surface area contributed by atoms with Gasteiger partial charge >= 0.3 is 0 Å². The highest BCUT2D eigenvalue weighted by molar-refractivity contribution is 4.98. The van der Waals surface area contributed by atoms with E-state index in [0.29, 0.717) is 0 Å². The summed E-state index contributed by atoms with van der Waals surface area (Å²) in [5.41, 5.74) is 0. The van der Waals surface area contributed by atoms with Crippen LogP contribution in [0.3, 0.4) is 0 Å². The fraction of sp³-hybridized carbons (Fsp3) is 0.765. The summed E-state index contributed by atoms with van der Waals surface area (Å²) in [6.07, 6.45) is 6.80. The van der Waals surface area contributed by atoms with Crippen LogP contribution in [0.25, 0.3) is 0 Å². The summed E-state index contributed by atoms with van der Waals surface area (Å²) >= 11 is 0. The zero-order valence-corrected chi connectivity index (χ0v) is 13.2. The van der Waals surface area contributed by atoms with Crippen molar-refractivity contribution in [2.24, 2.45) is 5.92 Å². The van der Waals surface area contributed by atoms with E-state index in [4.69, 9.17) is 9.15 Å². The number of furan rings is 1. The zero-order chi connectivity index (χ0) is 14.5. The van der Waals surface area contributed by atoms with Crippen LogP contribution in [0.1, 0.15) is 31.4 Å². The van der Waals surface area contributed by atoms with E-state index in [2.05, 4.69) is 22.9 Å². The molecule has 2 aliphatic heterocycles. The van der Waals surface area contributed by atoms with E-state index in [-0.39, 0.29) is 0 Å². The highest BCUT2D eigenvalue weighted by Gasteiger charge is 2.24. The Morgan fingerprint density at radius 3 is 2.62 bits per heavy atom. The number of piperidine rings is 1. The summed E-state index contributed by atoms with van der Waals surface area (Å²) in [6, 6.07) is 4.79. The van der Waals surface area contributed by atoms with Crippen LogP contribution in [0.2, 0.25) is 0 Å². The Labute approximate surface area is 128 Å². The first-order chi connectivity index (χ1) is 10.3. The molecule has 1 aromatic rings. The number of rotatable bonds is 5. The molecule has 4 nitrogen and oxygen atoms in total. The molecular formula is C17H28N2O2. The Morgan fingerprint density at radius 1 is 1.19 bits per heavy atom. The summed E-state index contributed by atoms with van der Waals surface area (Å²) in [4.78, 5) is 5.10. The molecule has 0 atom stereocenters. The van der Waals surface area contributed by atoms with Crippen molar-refractivity contribution in [3.63, 3.8) is 0 Å². The molecule has 0 bridgehead atoms. The first kappa shape index (κ1) is 15.1. The van der Waals surface area contributed by atoms with Gasteiger partial charge in [0.15, 0.2) is 0 Å². The third kappa shape index (κ3) is 4.31. The Kier molecular flexibility index (Phi) is 5.33. The second-order valence-electron chi connectivity index (χ2n) is 6.58. The lowest BCUT2D eigenvalue weighted by atomic mass is 9.95. The zero-order valence-electron chi connectivity index (χ0n) is 13.2. The summed E-state index contributed by atoms with van der Waals surface area (Å²) in [7, 11) is 2.30. The molecule has 0 spiro atoms. The monoisotopic (exact) mass is 292 g/mol. The molecule has 2 fully saturated rings.